The van der Waals surface area contributed by atoms with Gasteiger partial charge in [-0.25, -0.2) is 0 Å². The van der Waals surface area contributed by atoms with Crippen molar-refractivity contribution in [3.63, 3.8) is 0 Å². The van der Waals surface area contributed by atoms with E-state index in [0.717, 1.165) is 18.0 Å². The Bertz CT molecular complexity index is 329. The van der Waals surface area contributed by atoms with Crippen LogP contribution in [0.5, 0.6) is 5.75 Å². The van der Waals surface area contributed by atoms with E-state index in [4.69, 9.17) is 4.74 Å². The van der Waals surface area contributed by atoms with Crippen molar-refractivity contribution >= 4 is 0 Å². The Morgan fingerprint density at radius 2 is 2.00 bits per heavy atom. The fraction of sp³-hybridized carbons (Fsp3) is 0.643. The summed E-state index contributed by atoms with van der Waals surface area (Å²) in [5, 5.41) is 0. The summed E-state index contributed by atoms with van der Waals surface area (Å²) in [5.41, 5.74) is 1.14. The van der Waals surface area contributed by atoms with E-state index in [1.54, 1.807) is 0 Å². The summed E-state index contributed by atoms with van der Waals surface area (Å²) in [7, 11) is 0. The second-order valence-corrected chi connectivity index (χ2v) is 4.99. The molecular formula is C14H22N2O. The van der Waals surface area contributed by atoms with Gasteiger partial charge in [0.05, 0.1) is 18.0 Å². The van der Waals surface area contributed by atoms with E-state index in [9.17, 15) is 0 Å². The normalized spacial score (nSPS) is 17.4. The number of hydrogen-bond acceptors (Lipinski definition) is 3. The number of aromatic nitrogens is 1. The molecule has 0 atom stereocenters. The molecule has 1 aromatic rings. The fourth-order valence-electron chi connectivity index (χ4n) is 2.19. The molecule has 94 valence electrons. The third-order valence-electron chi connectivity index (χ3n) is 3.00. The molecule has 2 rings (SSSR count). The molecule has 0 radical (unpaired) electrons. The number of rotatable bonds is 4. The molecule has 0 aromatic carbocycles. The van der Waals surface area contributed by atoms with E-state index in [-0.39, 0.29) is 6.10 Å². The average Bonchev–Trinajstić information content (AvgIpc) is 2.32. The van der Waals surface area contributed by atoms with Crippen LogP contribution in [0.3, 0.4) is 0 Å². The second kappa shape index (κ2) is 6.01. The number of hydrogen-bond donors (Lipinski definition) is 0. The molecule has 1 aliphatic heterocycles. The van der Waals surface area contributed by atoms with Gasteiger partial charge in [-0.3, -0.25) is 9.88 Å². The lowest BCUT2D eigenvalue weighted by molar-refractivity contribution is 0.217. The molecule has 0 unspecified atom stereocenters. The maximum atomic E-state index is 5.58. The first-order valence-corrected chi connectivity index (χ1v) is 6.58. The lowest BCUT2D eigenvalue weighted by atomic mass is 10.1. The Morgan fingerprint density at radius 1 is 1.24 bits per heavy atom. The molecule has 0 N–H and O–H groups in total. The van der Waals surface area contributed by atoms with Crippen molar-refractivity contribution in [2.24, 2.45) is 0 Å². The summed E-state index contributed by atoms with van der Waals surface area (Å²) in [6.07, 6.45) is 6.08. The quantitative estimate of drug-likeness (QED) is 0.801. The minimum absolute atomic E-state index is 0.213. The summed E-state index contributed by atoms with van der Waals surface area (Å²) in [6.45, 7) is 7.46. The van der Waals surface area contributed by atoms with Crippen molar-refractivity contribution < 1.29 is 4.74 Å². The van der Waals surface area contributed by atoms with Gasteiger partial charge in [-0.05, 0) is 51.9 Å². The van der Waals surface area contributed by atoms with Crippen molar-refractivity contribution in [2.45, 2.75) is 45.8 Å². The number of piperidine rings is 1. The summed E-state index contributed by atoms with van der Waals surface area (Å²) in [5.74, 6) is 0.863. The van der Waals surface area contributed by atoms with Crippen molar-refractivity contribution in [1.29, 1.82) is 0 Å². The SMILES string of the molecule is CC(C)Oc1ccc(CN2CCCCC2)nc1. The minimum Gasteiger partial charge on any atom is -0.489 e. The lowest BCUT2D eigenvalue weighted by Crippen LogP contribution is -2.29. The van der Waals surface area contributed by atoms with Gasteiger partial charge in [0, 0.05) is 6.54 Å². The van der Waals surface area contributed by atoms with Crippen LogP contribution in [0.25, 0.3) is 0 Å². The number of nitrogens with zero attached hydrogens (tertiary/aromatic N) is 2. The van der Waals surface area contributed by atoms with Crippen LogP contribution in [0, 0.1) is 0 Å². The Kier molecular flexibility index (Phi) is 4.37. The van der Waals surface area contributed by atoms with E-state index < -0.39 is 0 Å². The Labute approximate surface area is 104 Å². The molecule has 1 aromatic heterocycles. The summed E-state index contributed by atoms with van der Waals surface area (Å²) >= 11 is 0. The van der Waals surface area contributed by atoms with Crippen molar-refractivity contribution in [3.05, 3.63) is 24.0 Å². The smallest absolute Gasteiger partial charge is 0.137 e. The first kappa shape index (κ1) is 12.4. The van der Waals surface area contributed by atoms with Gasteiger partial charge in [0.2, 0.25) is 0 Å². The van der Waals surface area contributed by atoms with Gasteiger partial charge >= 0.3 is 0 Å². The first-order valence-electron chi connectivity index (χ1n) is 6.58. The van der Waals surface area contributed by atoms with Gasteiger partial charge in [0.15, 0.2) is 0 Å². The molecule has 0 spiro atoms. The number of likely N-dealkylation sites (tertiary alicyclic amines) is 1. The molecule has 1 fully saturated rings. The molecule has 0 amide bonds. The molecule has 17 heavy (non-hydrogen) atoms. The molecule has 1 saturated heterocycles. The summed E-state index contributed by atoms with van der Waals surface area (Å²) in [4.78, 5) is 6.94. The monoisotopic (exact) mass is 234 g/mol. The van der Waals surface area contributed by atoms with Crippen LogP contribution in [-0.2, 0) is 6.54 Å². The maximum Gasteiger partial charge on any atom is 0.137 e. The van der Waals surface area contributed by atoms with Crippen LogP contribution in [0.4, 0.5) is 0 Å². The largest absolute Gasteiger partial charge is 0.489 e. The summed E-state index contributed by atoms with van der Waals surface area (Å²) < 4.78 is 5.58. The molecule has 3 heteroatoms. The van der Waals surface area contributed by atoms with Gasteiger partial charge in [-0.15, -0.1) is 0 Å². The first-order chi connectivity index (χ1) is 8.24. The van der Waals surface area contributed by atoms with Crippen LogP contribution < -0.4 is 4.74 Å². The highest BCUT2D eigenvalue weighted by Gasteiger charge is 2.10. The lowest BCUT2D eigenvalue weighted by Gasteiger charge is -2.25. The van der Waals surface area contributed by atoms with E-state index in [0.29, 0.717) is 0 Å². The van der Waals surface area contributed by atoms with Crippen LogP contribution in [0.2, 0.25) is 0 Å². The molecule has 1 aliphatic rings. The van der Waals surface area contributed by atoms with Crippen molar-refractivity contribution in [1.82, 2.24) is 9.88 Å². The topological polar surface area (TPSA) is 25.4 Å². The highest BCUT2D eigenvalue weighted by molar-refractivity contribution is 5.20. The predicted molar refractivity (Wildman–Crippen MR) is 69.1 cm³/mol. The highest BCUT2D eigenvalue weighted by atomic mass is 16.5. The molecule has 2 heterocycles. The second-order valence-electron chi connectivity index (χ2n) is 4.99. The molecule has 3 nitrogen and oxygen atoms in total. The standard InChI is InChI=1S/C14H22N2O/c1-12(2)17-14-7-6-13(15-10-14)11-16-8-4-3-5-9-16/h6-7,10,12H,3-5,8-9,11H2,1-2H3. The van der Waals surface area contributed by atoms with Gasteiger partial charge in [0.1, 0.15) is 5.75 Å². The van der Waals surface area contributed by atoms with E-state index >= 15 is 0 Å². The number of pyridine rings is 1. The zero-order valence-electron chi connectivity index (χ0n) is 10.9. The maximum absolute atomic E-state index is 5.58. The third kappa shape index (κ3) is 4.00. The van der Waals surface area contributed by atoms with E-state index in [1.807, 2.05) is 26.1 Å². The van der Waals surface area contributed by atoms with Gasteiger partial charge in [-0.1, -0.05) is 6.42 Å². The third-order valence-corrected chi connectivity index (χ3v) is 3.00. The van der Waals surface area contributed by atoms with Gasteiger partial charge in [-0.2, -0.15) is 0 Å². The highest BCUT2D eigenvalue weighted by Crippen LogP contribution is 2.15. The fourth-order valence-corrected chi connectivity index (χ4v) is 2.19. The van der Waals surface area contributed by atoms with E-state index in [2.05, 4.69) is 16.0 Å². The van der Waals surface area contributed by atoms with Gasteiger partial charge < -0.3 is 4.74 Å². The summed E-state index contributed by atoms with van der Waals surface area (Å²) in [6, 6.07) is 4.10. The Hall–Kier alpha value is -1.09. The average molecular weight is 234 g/mol. The van der Waals surface area contributed by atoms with Crippen molar-refractivity contribution in [3.8, 4) is 5.75 Å². The van der Waals surface area contributed by atoms with Crippen molar-refractivity contribution in [2.75, 3.05) is 13.1 Å². The molecular weight excluding hydrogens is 212 g/mol. The minimum atomic E-state index is 0.213. The van der Waals surface area contributed by atoms with Gasteiger partial charge in [0.25, 0.3) is 0 Å². The van der Waals surface area contributed by atoms with Crippen LogP contribution in [-0.4, -0.2) is 29.1 Å². The molecule has 0 saturated carbocycles. The Morgan fingerprint density at radius 3 is 2.59 bits per heavy atom. The van der Waals surface area contributed by atoms with Crippen LogP contribution >= 0.6 is 0 Å². The zero-order valence-corrected chi connectivity index (χ0v) is 10.9. The molecule has 0 aliphatic carbocycles. The predicted octanol–water partition coefficient (Wildman–Crippen LogP) is 2.85. The van der Waals surface area contributed by atoms with E-state index in [1.165, 1.54) is 32.4 Å². The zero-order chi connectivity index (χ0) is 12.1. The van der Waals surface area contributed by atoms with Crippen LogP contribution in [0.1, 0.15) is 38.8 Å². The Balaban J connectivity index is 1.88. The molecule has 0 bridgehead atoms. The number of ether oxygens (including phenoxy) is 1. The van der Waals surface area contributed by atoms with Crippen LogP contribution in [0.15, 0.2) is 18.3 Å².